The van der Waals surface area contributed by atoms with Crippen LogP contribution in [-0.4, -0.2) is 32.8 Å². The molecule has 0 saturated carbocycles. The number of ether oxygens (including phenoxy) is 1. The van der Waals surface area contributed by atoms with Crippen LogP contribution in [0.2, 0.25) is 0 Å². The summed E-state index contributed by atoms with van der Waals surface area (Å²) in [6.07, 6.45) is 3.80. The Morgan fingerprint density at radius 2 is 2.00 bits per heavy atom. The quantitative estimate of drug-likeness (QED) is 0.370. The van der Waals surface area contributed by atoms with Gasteiger partial charge in [-0.1, -0.05) is 24.3 Å². The van der Waals surface area contributed by atoms with Crippen molar-refractivity contribution in [2.75, 3.05) is 7.11 Å². The van der Waals surface area contributed by atoms with Crippen LogP contribution in [-0.2, 0) is 13.0 Å². The maximum atomic E-state index is 12.9. The van der Waals surface area contributed by atoms with Crippen molar-refractivity contribution >= 4 is 16.8 Å². The fraction of sp³-hybridized carbons (Fsp3) is 0.130. The number of aryl methyl sites for hydroxylation is 2. The lowest BCUT2D eigenvalue weighted by Gasteiger charge is -2.10. The van der Waals surface area contributed by atoms with Gasteiger partial charge in [-0.2, -0.15) is 0 Å². The van der Waals surface area contributed by atoms with Crippen molar-refractivity contribution in [2.24, 2.45) is 0 Å². The normalized spacial score (nSPS) is 10.8. The molecule has 156 valence electrons. The Morgan fingerprint density at radius 3 is 2.81 bits per heavy atom. The van der Waals surface area contributed by atoms with Gasteiger partial charge < -0.3 is 4.74 Å². The molecule has 2 aromatic heterocycles. The van der Waals surface area contributed by atoms with Gasteiger partial charge in [0.15, 0.2) is 0 Å². The average Bonchev–Trinajstić information content (AvgIpc) is 2.83. The second-order valence-corrected chi connectivity index (χ2v) is 6.93. The van der Waals surface area contributed by atoms with E-state index in [9.17, 15) is 9.59 Å². The summed E-state index contributed by atoms with van der Waals surface area (Å²) in [5.41, 5.74) is 4.91. The number of nitrogens with one attached hydrogen (secondary N) is 1. The third kappa shape index (κ3) is 4.15. The highest BCUT2D eigenvalue weighted by atomic mass is 16.5. The highest BCUT2D eigenvalue weighted by Crippen LogP contribution is 2.28. The Hall–Kier alpha value is -4.04. The minimum Gasteiger partial charge on any atom is -0.481 e. The van der Waals surface area contributed by atoms with E-state index in [1.54, 1.807) is 24.9 Å². The SMILES string of the molecule is COc1ncccc1-c1cccc(CCn2cnc3ccc(C(=O)NO)cc3c2=O)c1. The summed E-state index contributed by atoms with van der Waals surface area (Å²) in [6, 6.07) is 16.3. The Labute approximate surface area is 177 Å². The van der Waals surface area contributed by atoms with Crippen molar-refractivity contribution in [2.45, 2.75) is 13.0 Å². The highest BCUT2D eigenvalue weighted by molar-refractivity contribution is 5.97. The lowest BCUT2D eigenvalue weighted by atomic mass is 10.0. The number of hydrogen-bond donors (Lipinski definition) is 2. The smallest absolute Gasteiger partial charge is 0.274 e. The number of fused-ring (bicyclic) bond motifs is 1. The number of rotatable bonds is 6. The number of hydrogen-bond acceptors (Lipinski definition) is 6. The number of carbonyl (C=O) groups is 1. The molecule has 2 heterocycles. The summed E-state index contributed by atoms with van der Waals surface area (Å²) >= 11 is 0. The molecule has 0 bridgehead atoms. The van der Waals surface area contributed by atoms with Crippen LogP contribution in [0.15, 0.2) is 71.9 Å². The Kier molecular flexibility index (Phi) is 5.72. The molecule has 0 fully saturated rings. The van der Waals surface area contributed by atoms with Crippen molar-refractivity contribution < 1.29 is 14.7 Å². The molecule has 2 aromatic carbocycles. The first-order chi connectivity index (χ1) is 15.1. The molecule has 0 aliphatic rings. The average molecular weight is 416 g/mol. The molecule has 0 radical (unpaired) electrons. The van der Waals surface area contributed by atoms with Gasteiger partial charge in [0.1, 0.15) is 0 Å². The van der Waals surface area contributed by atoms with Gasteiger partial charge in [0.25, 0.3) is 11.5 Å². The Balaban J connectivity index is 1.60. The van der Waals surface area contributed by atoms with E-state index in [1.807, 2.05) is 36.4 Å². The molecule has 0 spiro atoms. The van der Waals surface area contributed by atoms with Crippen LogP contribution in [0, 0.1) is 0 Å². The second kappa shape index (κ2) is 8.76. The summed E-state index contributed by atoms with van der Waals surface area (Å²) in [5, 5.41) is 9.14. The van der Waals surface area contributed by atoms with E-state index in [1.165, 1.54) is 23.0 Å². The molecule has 0 aliphatic carbocycles. The van der Waals surface area contributed by atoms with Gasteiger partial charge >= 0.3 is 0 Å². The van der Waals surface area contributed by atoms with E-state index in [0.29, 0.717) is 29.7 Å². The molecule has 0 atom stereocenters. The van der Waals surface area contributed by atoms with E-state index >= 15 is 0 Å². The minimum atomic E-state index is -0.681. The molecular weight excluding hydrogens is 396 g/mol. The van der Waals surface area contributed by atoms with Gasteiger partial charge in [-0.15, -0.1) is 0 Å². The van der Waals surface area contributed by atoms with E-state index in [2.05, 4.69) is 9.97 Å². The number of pyridine rings is 1. The number of methoxy groups -OCH3 is 1. The molecule has 31 heavy (non-hydrogen) atoms. The molecule has 8 heteroatoms. The lowest BCUT2D eigenvalue weighted by Crippen LogP contribution is -2.23. The van der Waals surface area contributed by atoms with E-state index in [4.69, 9.17) is 9.94 Å². The number of nitrogens with zero attached hydrogens (tertiary/aromatic N) is 3. The molecular formula is C23H20N4O4. The molecule has 0 unspecified atom stereocenters. The molecule has 2 N–H and O–H groups in total. The van der Waals surface area contributed by atoms with Crippen molar-refractivity contribution in [1.82, 2.24) is 20.0 Å². The van der Waals surface area contributed by atoms with Gasteiger partial charge in [-0.25, -0.2) is 15.4 Å². The third-order valence-electron chi connectivity index (χ3n) is 5.03. The van der Waals surface area contributed by atoms with Crippen LogP contribution in [0.5, 0.6) is 5.88 Å². The predicted molar refractivity (Wildman–Crippen MR) is 115 cm³/mol. The minimum absolute atomic E-state index is 0.185. The first-order valence-electron chi connectivity index (χ1n) is 9.62. The molecule has 0 aliphatic heterocycles. The van der Waals surface area contributed by atoms with Crippen molar-refractivity contribution in [3.8, 4) is 17.0 Å². The predicted octanol–water partition coefficient (Wildman–Crippen LogP) is 2.83. The lowest BCUT2D eigenvalue weighted by molar-refractivity contribution is 0.0706. The number of benzene rings is 2. The van der Waals surface area contributed by atoms with Crippen LogP contribution >= 0.6 is 0 Å². The zero-order chi connectivity index (χ0) is 21.8. The van der Waals surface area contributed by atoms with Gasteiger partial charge in [-0.05, 0) is 47.9 Å². The zero-order valence-electron chi connectivity index (χ0n) is 16.8. The second-order valence-electron chi connectivity index (χ2n) is 6.93. The molecule has 1 amide bonds. The summed E-state index contributed by atoms with van der Waals surface area (Å²) < 4.78 is 6.87. The number of aromatic nitrogens is 3. The molecule has 4 rings (SSSR count). The molecule has 8 nitrogen and oxygen atoms in total. The highest BCUT2D eigenvalue weighted by Gasteiger charge is 2.10. The summed E-state index contributed by atoms with van der Waals surface area (Å²) in [6.45, 7) is 0.422. The number of carbonyl (C=O) groups excluding carboxylic acids is 1. The van der Waals surface area contributed by atoms with Crippen molar-refractivity contribution in [3.05, 3.63) is 88.6 Å². The third-order valence-corrected chi connectivity index (χ3v) is 5.03. The Morgan fingerprint density at radius 1 is 1.13 bits per heavy atom. The van der Waals surface area contributed by atoms with E-state index in [0.717, 1.165) is 16.7 Å². The van der Waals surface area contributed by atoms with Crippen molar-refractivity contribution in [3.63, 3.8) is 0 Å². The fourth-order valence-corrected chi connectivity index (χ4v) is 3.44. The van der Waals surface area contributed by atoms with E-state index in [-0.39, 0.29) is 11.1 Å². The van der Waals surface area contributed by atoms with Gasteiger partial charge in [0.05, 0.1) is 24.3 Å². The van der Waals surface area contributed by atoms with Crippen LogP contribution in [0.4, 0.5) is 0 Å². The number of hydroxylamine groups is 1. The van der Waals surface area contributed by atoms with Crippen LogP contribution in [0.25, 0.3) is 22.0 Å². The number of amides is 1. The zero-order valence-corrected chi connectivity index (χ0v) is 16.8. The van der Waals surface area contributed by atoms with Crippen LogP contribution < -0.4 is 15.8 Å². The topological polar surface area (TPSA) is 106 Å². The fourth-order valence-electron chi connectivity index (χ4n) is 3.44. The molecule has 4 aromatic rings. The van der Waals surface area contributed by atoms with Gasteiger partial charge in [-0.3, -0.25) is 19.4 Å². The summed E-state index contributed by atoms with van der Waals surface area (Å²) in [5.74, 6) is -0.128. The summed E-state index contributed by atoms with van der Waals surface area (Å²) in [4.78, 5) is 33.1. The Bertz CT molecular complexity index is 1320. The van der Waals surface area contributed by atoms with Crippen LogP contribution in [0.3, 0.4) is 0 Å². The van der Waals surface area contributed by atoms with Crippen molar-refractivity contribution in [1.29, 1.82) is 0 Å². The first-order valence-corrected chi connectivity index (χ1v) is 9.62. The molecule has 0 saturated heterocycles. The van der Waals surface area contributed by atoms with Gasteiger partial charge in [0, 0.05) is 23.9 Å². The maximum absolute atomic E-state index is 12.9. The summed E-state index contributed by atoms with van der Waals surface area (Å²) in [7, 11) is 1.59. The first kappa shape index (κ1) is 20.2. The van der Waals surface area contributed by atoms with E-state index < -0.39 is 5.91 Å². The monoisotopic (exact) mass is 416 g/mol. The largest absolute Gasteiger partial charge is 0.481 e. The maximum Gasteiger partial charge on any atom is 0.274 e. The standard InChI is InChI=1S/C23H20N4O4/c1-31-22-18(6-3-10-24-22)16-5-2-4-15(12-16)9-11-27-14-25-20-8-7-17(21(28)26-30)13-19(20)23(27)29/h2-8,10,12-14,30H,9,11H2,1H3,(H,26,28). The van der Waals surface area contributed by atoms with Crippen LogP contribution in [0.1, 0.15) is 15.9 Å². The van der Waals surface area contributed by atoms with Gasteiger partial charge in [0.2, 0.25) is 5.88 Å².